The molecule has 2 rings (SSSR count). The molecule has 0 spiro atoms. The number of phenols is 2. The number of benzene rings is 2. The van der Waals surface area contributed by atoms with Crippen LogP contribution in [0.4, 0.5) is 11.4 Å². The zero-order valence-electron chi connectivity index (χ0n) is 12.6. The number of nitrogens with zero attached hydrogens (tertiary/aromatic N) is 5. The lowest BCUT2D eigenvalue weighted by atomic mass is 10.3. The molecule has 0 unspecified atom stereocenters. The Balaban J connectivity index is 2.37. The SMILES string of the molecule is N#CC(N=Nc1c(O)c(Cl)cc(Cl)c1Cl)N=Nc1c(O)c(Cl)cc(Cl)c1Cl. The molecule has 2 N–H and O–H groups in total. The highest BCUT2D eigenvalue weighted by Gasteiger charge is 2.17. The van der Waals surface area contributed by atoms with Crippen LogP contribution in [0.25, 0.3) is 0 Å². The van der Waals surface area contributed by atoms with Crippen molar-refractivity contribution in [3.05, 3.63) is 42.3 Å². The van der Waals surface area contributed by atoms with Crippen molar-refractivity contribution < 1.29 is 10.2 Å². The van der Waals surface area contributed by atoms with Crippen molar-refractivity contribution >= 4 is 81.0 Å². The summed E-state index contributed by atoms with van der Waals surface area (Å²) in [6.07, 6.45) is -1.48. The van der Waals surface area contributed by atoms with E-state index in [4.69, 9.17) is 74.9 Å². The van der Waals surface area contributed by atoms with Gasteiger partial charge in [0.2, 0.25) is 0 Å². The third kappa shape index (κ3) is 4.85. The van der Waals surface area contributed by atoms with E-state index < -0.39 is 17.7 Å². The van der Waals surface area contributed by atoms with Crippen LogP contribution in [0.15, 0.2) is 32.6 Å². The van der Waals surface area contributed by atoms with Crippen LogP contribution in [-0.2, 0) is 0 Å². The zero-order valence-corrected chi connectivity index (χ0v) is 17.2. The van der Waals surface area contributed by atoms with Gasteiger partial charge in [-0.05, 0) is 12.1 Å². The molecule has 0 amide bonds. The van der Waals surface area contributed by atoms with Gasteiger partial charge in [-0.1, -0.05) is 69.6 Å². The fourth-order valence-electron chi connectivity index (χ4n) is 1.63. The highest BCUT2D eigenvalue weighted by Crippen LogP contribution is 2.45. The Kier molecular flexibility index (Phi) is 7.34. The van der Waals surface area contributed by atoms with Crippen LogP contribution in [0.3, 0.4) is 0 Å². The second-order valence-corrected chi connectivity index (χ2v) is 7.02. The Morgan fingerprint density at radius 1 is 0.741 bits per heavy atom. The fraction of sp³-hybridized carbons (Fsp3) is 0.0714. The smallest absolute Gasteiger partial charge is 0.266 e. The maximum absolute atomic E-state index is 9.88. The molecule has 0 atom stereocenters. The summed E-state index contributed by atoms with van der Waals surface area (Å²) in [4.78, 5) is 0. The third-order valence-corrected chi connectivity index (χ3v) is 5.02. The number of hydrogen-bond donors (Lipinski definition) is 2. The maximum atomic E-state index is 9.88. The summed E-state index contributed by atoms with van der Waals surface area (Å²) in [5.41, 5.74) is -0.507. The van der Waals surface area contributed by atoms with Crippen LogP contribution in [0.5, 0.6) is 11.5 Å². The molecule has 0 radical (unpaired) electrons. The predicted octanol–water partition coefficient (Wildman–Crippen LogP) is 7.74. The molecular formula is C14H5Cl6N5O2. The van der Waals surface area contributed by atoms with Crippen LogP contribution in [0.1, 0.15) is 0 Å². The molecule has 0 saturated carbocycles. The normalized spacial score (nSPS) is 12.6. The minimum absolute atomic E-state index is 0.0221. The molecule has 13 heteroatoms. The Labute approximate surface area is 182 Å². The third-order valence-electron chi connectivity index (χ3n) is 2.89. The van der Waals surface area contributed by atoms with Crippen molar-refractivity contribution in [2.24, 2.45) is 20.5 Å². The Hall–Kier alpha value is -1.53. The molecule has 0 aliphatic heterocycles. The van der Waals surface area contributed by atoms with Gasteiger partial charge in [0, 0.05) is 0 Å². The van der Waals surface area contributed by atoms with E-state index in [0.717, 1.165) is 0 Å². The molecule has 0 aliphatic carbocycles. The second-order valence-electron chi connectivity index (χ2n) is 4.64. The first-order chi connectivity index (χ1) is 12.7. The van der Waals surface area contributed by atoms with Crippen molar-refractivity contribution in [1.29, 1.82) is 5.26 Å². The molecule has 0 heterocycles. The van der Waals surface area contributed by atoms with Gasteiger partial charge in [0.15, 0.2) is 11.5 Å². The van der Waals surface area contributed by atoms with Gasteiger partial charge in [0.25, 0.3) is 6.17 Å². The summed E-state index contributed by atoms with van der Waals surface area (Å²) >= 11 is 35.1. The molecule has 7 nitrogen and oxygen atoms in total. The van der Waals surface area contributed by atoms with E-state index >= 15 is 0 Å². The van der Waals surface area contributed by atoms with Crippen molar-refractivity contribution in [1.82, 2.24) is 0 Å². The molecule has 140 valence electrons. The van der Waals surface area contributed by atoms with Gasteiger partial charge in [-0.2, -0.15) is 5.26 Å². The average Bonchev–Trinajstić information content (AvgIpc) is 2.63. The lowest BCUT2D eigenvalue weighted by molar-refractivity contribution is 0.476. The zero-order chi connectivity index (χ0) is 20.3. The van der Waals surface area contributed by atoms with E-state index in [2.05, 4.69) is 20.5 Å². The summed E-state index contributed by atoms with van der Waals surface area (Å²) in [6, 6.07) is 4.11. The van der Waals surface area contributed by atoms with E-state index in [1.807, 2.05) is 0 Å². The van der Waals surface area contributed by atoms with E-state index in [9.17, 15) is 10.2 Å². The van der Waals surface area contributed by atoms with E-state index in [-0.39, 0.29) is 41.5 Å². The number of hydrogen-bond acceptors (Lipinski definition) is 7. The maximum Gasteiger partial charge on any atom is 0.266 e. The first-order valence-electron chi connectivity index (χ1n) is 6.61. The first-order valence-corrected chi connectivity index (χ1v) is 8.88. The number of phenolic OH excluding ortho intramolecular Hbond substituents is 2. The number of rotatable bonds is 4. The average molecular weight is 488 g/mol. The van der Waals surface area contributed by atoms with E-state index in [1.165, 1.54) is 12.1 Å². The van der Waals surface area contributed by atoms with Crippen LogP contribution < -0.4 is 0 Å². The van der Waals surface area contributed by atoms with Crippen molar-refractivity contribution in [2.75, 3.05) is 0 Å². The minimum Gasteiger partial charge on any atom is -0.504 e. The lowest BCUT2D eigenvalue weighted by Crippen LogP contribution is -1.92. The highest BCUT2D eigenvalue weighted by atomic mass is 35.5. The largest absolute Gasteiger partial charge is 0.504 e. The number of azo groups is 2. The van der Waals surface area contributed by atoms with E-state index in [0.29, 0.717) is 0 Å². The van der Waals surface area contributed by atoms with E-state index in [1.54, 1.807) is 6.07 Å². The molecule has 0 fully saturated rings. The Morgan fingerprint density at radius 2 is 1.11 bits per heavy atom. The van der Waals surface area contributed by atoms with Gasteiger partial charge >= 0.3 is 0 Å². The fourth-order valence-corrected chi connectivity index (χ4v) is 2.90. The van der Waals surface area contributed by atoms with Crippen LogP contribution >= 0.6 is 69.6 Å². The van der Waals surface area contributed by atoms with Gasteiger partial charge in [-0.25, -0.2) is 0 Å². The molecule has 0 saturated heterocycles. The number of aromatic hydroxyl groups is 2. The van der Waals surface area contributed by atoms with Crippen LogP contribution in [0.2, 0.25) is 30.1 Å². The molecular weight excluding hydrogens is 483 g/mol. The molecule has 0 aromatic heterocycles. The number of nitriles is 1. The molecule has 27 heavy (non-hydrogen) atoms. The van der Waals surface area contributed by atoms with Crippen LogP contribution in [-0.4, -0.2) is 16.4 Å². The van der Waals surface area contributed by atoms with Crippen molar-refractivity contribution in [3.63, 3.8) is 0 Å². The van der Waals surface area contributed by atoms with Gasteiger partial charge in [0.1, 0.15) is 17.4 Å². The second kappa shape index (κ2) is 9.11. The van der Waals surface area contributed by atoms with Gasteiger partial charge in [-0.3, -0.25) is 0 Å². The standard InChI is InChI=1S/C14H5Cl6N5O2/c15-4-1-6(17)13(26)11(9(4)19)24-22-8(3-21)23-25-12-10(20)5(16)2-7(18)14(12)27/h1-2,8,26-27H. The quantitative estimate of drug-likeness (QED) is 0.339. The Morgan fingerprint density at radius 3 is 1.44 bits per heavy atom. The molecule has 0 aliphatic rings. The topological polar surface area (TPSA) is 114 Å². The molecule has 2 aromatic rings. The Bertz CT molecular complexity index is 879. The summed E-state index contributed by atoms with van der Waals surface area (Å²) in [7, 11) is 0. The lowest BCUT2D eigenvalue weighted by Gasteiger charge is -2.06. The monoisotopic (exact) mass is 485 g/mol. The van der Waals surface area contributed by atoms with Gasteiger partial charge < -0.3 is 10.2 Å². The van der Waals surface area contributed by atoms with Crippen LogP contribution in [0, 0.1) is 11.3 Å². The van der Waals surface area contributed by atoms with Crippen molar-refractivity contribution in [2.45, 2.75) is 6.17 Å². The summed E-state index contributed by atoms with van der Waals surface area (Å²) in [6.45, 7) is 0. The minimum atomic E-state index is -1.48. The summed E-state index contributed by atoms with van der Waals surface area (Å²) < 4.78 is 0. The highest BCUT2D eigenvalue weighted by molar-refractivity contribution is 6.46. The first kappa shape index (κ1) is 21.8. The predicted molar refractivity (Wildman–Crippen MR) is 105 cm³/mol. The van der Waals surface area contributed by atoms with Crippen molar-refractivity contribution in [3.8, 4) is 17.6 Å². The molecule has 0 bridgehead atoms. The molecule has 2 aromatic carbocycles. The van der Waals surface area contributed by atoms with Gasteiger partial charge in [0.05, 0.1) is 30.1 Å². The summed E-state index contributed by atoms with van der Waals surface area (Å²) in [5.74, 6) is -0.962. The number of halogens is 6. The van der Waals surface area contributed by atoms with Gasteiger partial charge in [-0.15, -0.1) is 20.5 Å². The summed E-state index contributed by atoms with van der Waals surface area (Å²) in [5, 5.41) is 42.9.